The lowest BCUT2D eigenvalue weighted by Gasteiger charge is -2.13. The van der Waals surface area contributed by atoms with Gasteiger partial charge in [0.2, 0.25) is 5.91 Å². The zero-order valence-electron chi connectivity index (χ0n) is 14.3. The molecule has 0 fully saturated rings. The van der Waals surface area contributed by atoms with Gasteiger partial charge in [0.05, 0.1) is 25.1 Å². The second-order valence-electron chi connectivity index (χ2n) is 5.99. The average molecular weight is 343 g/mol. The molecule has 3 aromatic rings. The number of rotatable bonds is 4. The number of hydrogen-bond acceptors (Lipinski definition) is 4. The van der Waals surface area contributed by atoms with E-state index in [1.54, 1.807) is 25.4 Å². The molecule has 5 heteroatoms. The van der Waals surface area contributed by atoms with Crippen LogP contribution in [0.5, 0.6) is 5.75 Å². The number of para-hydroxylation sites is 1. The van der Waals surface area contributed by atoms with Crippen LogP contribution < -0.4 is 10.5 Å². The maximum Gasteiger partial charge on any atom is 0.248 e. The van der Waals surface area contributed by atoms with Crippen molar-refractivity contribution in [3.8, 4) is 16.9 Å². The molecule has 1 amide bonds. The fraction of sp³-hybridized carbons (Fsp3) is 0.0952. The Balaban J connectivity index is 1.85. The third-order valence-electron chi connectivity index (χ3n) is 4.50. The molecule has 2 heterocycles. The number of aromatic nitrogens is 1. The van der Waals surface area contributed by atoms with Gasteiger partial charge < -0.3 is 10.5 Å². The highest BCUT2D eigenvalue weighted by molar-refractivity contribution is 6.19. The Morgan fingerprint density at radius 2 is 1.81 bits per heavy atom. The first-order valence-electron chi connectivity index (χ1n) is 8.25. The molecule has 0 radical (unpaired) electrons. The summed E-state index contributed by atoms with van der Waals surface area (Å²) < 4.78 is 5.51. The number of carbonyl (C=O) groups excluding carboxylic acids is 1. The van der Waals surface area contributed by atoms with Gasteiger partial charge in [0.15, 0.2) is 0 Å². The quantitative estimate of drug-likeness (QED) is 0.790. The third kappa shape index (κ3) is 2.63. The number of pyridine rings is 1. The predicted octanol–water partition coefficient (Wildman–Crippen LogP) is 3.21. The Labute approximate surface area is 151 Å². The molecule has 0 bridgehead atoms. The summed E-state index contributed by atoms with van der Waals surface area (Å²) in [7, 11) is 1.65. The monoisotopic (exact) mass is 343 g/mol. The lowest BCUT2D eigenvalue weighted by atomic mass is 9.93. The number of aliphatic imine (C=N–C) groups is 1. The van der Waals surface area contributed by atoms with E-state index < -0.39 is 5.91 Å². The summed E-state index contributed by atoms with van der Waals surface area (Å²) in [6, 6.07) is 17.1. The van der Waals surface area contributed by atoms with Crippen LogP contribution in [0, 0.1) is 0 Å². The van der Waals surface area contributed by atoms with E-state index >= 15 is 0 Å². The first-order chi connectivity index (χ1) is 12.7. The molecule has 2 aromatic carbocycles. The van der Waals surface area contributed by atoms with Crippen LogP contribution in [0.4, 0.5) is 0 Å². The van der Waals surface area contributed by atoms with Gasteiger partial charge in [0.25, 0.3) is 0 Å². The second kappa shape index (κ2) is 6.44. The van der Waals surface area contributed by atoms with E-state index in [1.165, 1.54) is 0 Å². The molecule has 0 unspecified atom stereocenters. The maximum atomic E-state index is 11.3. The minimum Gasteiger partial charge on any atom is -0.496 e. The van der Waals surface area contributed by atoms with E-state index in [9.17, 15) is 4.79 Å². The number of nitrogens with zero attached hydrogens (tertiary/aromatic N) is 2. The summed E-state index contributed by atoms with van der Waals surface area (Å²) >= 11 is 0. The Bertz CT molecular complexity index is 1020. The highest BCUT2D eigenvalue weighted by Gasteiger charge is 2.24. The molecule has 128 valence electrons. The normalized spacial score (nSPS) is 12.4. The molecular weight excluding hydrogens is 326 g/mol. The molecular formula is C21H17N3O2. The number of primary amides is 1. The fourth-order valence-corrected chi connectivity index (χ4v) is 3.24. The van der Waals surface area contributed by atoms with E-state index in [0.29, 0.717) is 12.1 Å². The summed E-state index contributed by atoms with van der Waals surface area (Å²) in [5.74, 6) is 0.339. The van der Waals surface area contributed by atoms with Gasteiger partial charge in [-0.1, -0.05) is 24.3 Å². The molecule has 0 saturated heterocycles. The van der Waals surface area contributed by atoms with Crippen molar-refractivity contribution in [1.82, 2.24) is 4.98 Å². The van der Waals surface area contributed by atoms with Gasteiger partial charge >= 0.3 is 0 Å². The smallest absolute Gasteiger partial charge is 0.248 e. The van der Waals surface area contributed by atoms with Crippen molar-refractivity contribution in [1.29, 1.82) is 0 Å². The van der Waals surface area contributed by atoms with Crippen molar-refractivity contribution >= 4 is 11.6 Å². The van der Waals surface area contributed by atoms with Crippen LogP contribution >= 0.6 is 0 Å². The molecule has 4 rings (SSSR count). The topological polar surface area (TPSA) is 77.6 Å². The molecule has 26 heavy (non-hydrogen) atoms. The van der Waals surface area contributed by atoms with Crippen LogP contribution in [0.3, 0.4) is 0 Å². The van der Waals surface area contributed by atoms with Gasteiger partial charge in [-0.3, -0.25) is 14.8 Å². The third-order valence-corrected chi connectivity index (χ3v) is 4.50. The molecule has 0 atom stereocenters. The van der Waals surface area contributed by atoms with Crippen LogP contribution in [-0.2, 0) is 6.54 Å². The molecule has 0 aliphatic carbocycles. The van der Waals surface area contributed by atoms with Gasteiger partial charge in [-0.05, 0) is 41.5 Å². The van der Waals surface area contributed by atoms with Crippen molar-refractivity contribution in [2.75, 3.05) is 7.11 Å². The summed E-state index contributed by atoms with van der Waals surface area (Å²) in [6.07, 6.45) is 1.79. The number of benzene rings is 2. The standard InChI is InChI=1S/C21H17N3O2/c1-26-18-5-3-2-4-16(18)20-19-15(10-11-23-17(19)12-24-20)13-6-8-14(9-7-13)21(22)25/h2-11H,12H2,1H3,(H2,22,25). The predicted molar refractivity (Wildman–Crippen MR) is 101 cm³/mol. The molecule has 0 spiro atoms. The first-order valence-corrected chi connectivity index (χ1v) is 8.25. The molecule has 5 nitrogen and oxygen atoms in total. The van der Waals surface area contributed by atoms with E-state index in [2.05, 4.69) is 4.98 Å². The van der Waals surface area contributed by atoms with E-state index in [4.69, 9.17) is 15.5 Å². The van der Waals surface area contributed by atoms with Gasteiger partial charge in [-0.2, -0.15) is 0 Å². The number of ether oxygens (including phenoxy) is 1. The maximum absolute atomic E-state index is 11.3. The summed E-state index contributed by atoms with van der Waals surface area (Å²) in [5, 5.41) is 0. The summed E-state index contributed by atoms with van der Waals surface area (Å²) in [5.41, 5.74) is 11.6. The van der Waals surface area contributed by atoms with Crippen molar-refractivity contribution in [2.45, 2.75) is 6.54 Å². The van der Waals surface area contributed by atoms with Gasteiger partial charge in [-0.25, -0.2) is 0 Å². The molecule has 1 aromatic heterocycles. The van der Waals surface area contributed by atoms with Crippen LogP contribution in [-0.4, -0.2) is 23.7 Å². The van der Waals surface area contributed by atoms with E-state index in [0.717, 1.165) is 39.4 Å². The molecule has 1 aliphatic heterocycles. The number of hydrogen-bond donors (Lipinski definition) is 1. The summed E-state index contributed by atoms with van der Waals surface area (Å²) in [4.78, 5) is 20.5. The molecule has 0 saturated carbocycles. The average Bonchev–Trinajstić information content (AvgIpc) is 3.12. The molecule has 1 aliphatic rings. The number of amides is 1. The number of fused-ring (bicyclic) bond motifs is 1. The van der Waals surface area contributed by atoms with Gasteiger partial charge in [0, 0.05) is 22.9 Å². The van der Waals surface area contributed by atoms with E-state index in [1.807, 2.05) is 42.5 Å². The van der Waals surface area contributed by atoms with Crippen LogP contribution in [0.15, 0.2) is 65.8 Å². The van der Waals surface area contributed by atoms with Crippen LogP contribution in [0.2, 0.25) is 0 Å². The Morgan fingerprint density at radius 3 is 2.54 bits per heavy atom. The van der Waals surface area contributed by atoms with E-state index in [-0.39, 0.29) is 0 Å². The van der Waals surface area contributed by atoms with Crippen LogP contribution in [0.25, 0.3) is 11.1 Å². The lowest BCUT2D eigenvalue weighted by molar-refractivity contribution is 0.100. The minimum absolute atomic E-state index is 0.437. The minimum atomic E-state index is -0.437. The Morgan fingerprint density at radius 1 is 1.04 bits per heavy atom. The SMILES string of the molecule is COc1ccccc1C1=NCc2nccc(-c3ccc(C(N)=O)cc3)c21. The largest absolute Gasteiger partial charge is 0.496 e. The van der Waals surface area contributed by atoms with Crippen molar-refractivity contribution in [3.63, 3.8) is 0 Å². The second-order valence-corrected chi connectivity index (χ2v) is 5.99. The van der Waals surface area contributed by atoms with Crippen molar-refractivity contribution < 1.29 is 9.53 Å². The number of carbonyl (C=O) groups is 1. The molecule has 2 N–H and O–H groups in total. The van der Waals surface area contributed by atoms with Gasteiger partial charge in [-0.15, -0.1) is 0 Å². The fourth-order valence-electron chi connectivity index (χ4n) is 3.24. The number of nitrogens with two attached hydrogens (primary N) is 1. The van der Waals surface area contributed by atoms with Crippen molar-refractivity contribution in [3.05, 3.63) is 83.2 Å². The zero-order valence-corrected chi connectivity index (χ0v) is 14.3. The number of methoxy groups -OCH3 is 1. The Hall–Kier alpha value is -3.47. The van der Waals surface area contributed by atoms with Crippen molar-refractivity contribution in [2.24, 2.45) is 10.7 Å². The van der Waals surface area contributed by atoms with Crippen LogP contribution in [0.1, 0.15) is 27.2 Å². The summed E-state index contributed by atoms with van der Waals surface area (Å²) in [6.45, 7) is 0.538. The highest BCUT2D eigenvalue weighted by atomic mass is 16.5. The highest BCUT2D eigenvalue weighted by Crippen LogP contribution is 2.34. The Kier molecular flexibility index (Phi) is 3.97. The van der Waals surface area contributed by atoms with Gasteiger partial charge in [0.1, 0.15) is 5.75 Å². The first kappa shape index (κ1) is 16.0. The lowest BCUT2D eigenvalue weighted by Crippen LogP contribution is -2.10. The zero-order chi connectivity index (χ0) is 18.1.